The van der Waals surface area contributed by atoms with Crippen LogP contribution in [0.1, 0.15) is 16.1 Å². The third-order valence-corrected chi connectivity index (χ3v) is 2.43. The lowest BCUT2D eigenvalue weighted by Crippen LogP contribution is -2.02. The molecule has 6 heteroatoms. The van der Waals surface area contributed by atoms with Gasteiger partial charge in [-0.2, -0.15) is 0 Å². The van der Waals surface area contributed by atoms with E-state index < -0.39 is 5.97 Å². The van der Waals surface area contributed by atoms with E-state index in [1.165, 1.54) is 6.20 Å². The molecule has 0 atom stereocenters. The van der Waals surface area contributed by atoms with Crippen molar-refractivity contribution >= 4 is 17.6 Å². The highest BCUT2D eigenvalue weighted by Gasteiger charge is 2.09. The molecule has 0 unspecified atom stereocenters. The number of hydrogen-bond acceptors (Lipinski definition) is 4. The molecule has 5 nitrogen and oxygen atoms in total. The van der Waals surface area contributed by atoms with Crippen LogP contribution in [0.3, 0.4) is 0 Å². The first-order chi connectivity index (χ1) is 8.56. The van der Waals surface area contributed by atoms with Gasteiger partial charge in [0.1, 0.15) is 5.75 Å². The zero-order valence-electron chi connectivity index (χ0n) is 9.42. The second-order valence-corrected chi connectivity index (χ2v) is 3.99. The minimum absolute atomic E-state index is 0.0839. The van der Waals surface area contributed by atoms with Crippen LogP contribution in [0.5, 0.6) is 11.6 Å². The number of aromatic nitrogens is 2. The molecule has 0 spiro atoms. The Morgan fingerprint density at radius 1 is 1.39 bits per heavy atom. The Kier molecular flexibility index (Phi) is 3.43. The average molecular weight is 265 g/mol. The summed E-state index contributed by atoms with van der Waals surface area (Å²) in [6.07, 6.45) is 2.47. The normalized spacial score (nSPS) is 10.1. The molecule has 1 heterocycles. The molecule has 0 amide bonds. The summed E-state index contributed by atoms with van der Waals surface area (Å²) in [5, 5.41) is 9.21. The van der Waals surface area contributed by atoms with E-state index in [1.807, 2.05) is 13.0 Å². The van der Waals surface area contributed by atoms with Crippen LogP contribution < -0.4 is 4.74 Å². The summed E-state index contributed by atoms with van der Waals surface area (Å²) in [5.74, 6) is -0.678. The number of carboxylic acid groups (broad SMARTS) is 1. The highest BCUT2D eigenvalue weighted by atomic mass is 35.5. The van der Waals surface area contributed by atoms with Crippen molar-refractivity contribution in [2.24, 2.45) is 0 Å². The Morgan fingerprint density at radius 2 is 2.17 bits per heavy atom. The number of carboxylic acids is 1. The summed E-state index contributed by atoms with van der Waals surface area (Å²) in [6, 6.07) is 5.26. The molecule has 0 saturated carbocycles. The van der Waals surface area contributed by atoms with Crippen molar-refractivity contribution in [3.05, 3.63) is 46.9 Å². The predicted molar refractivity (Wildman–Crippen MR) is 65.3 cm³/mol. The maximum absolute atomic E-state index is 10.7. The van der Waals surface area contributed by atoms with Crippen molar-refractivity contribution in [2.75, 3.05) is 0 Å². The fourth-order valence-corrected chi connectivity index (χ4v) is 1.58. The largest absolute Gasteiger partial charge is 0.476 e. The van der Waals surface area contributed by atoms with Crippen molar-refractivity contribution in [3.8, 4) is 11.6 Å². The lowest BCUT2D eigenvalue weighted by molar-refractivity contribution is 0.0689. The molecule has 0 bridgehead atoms. The summed E-state index contributed by atoms with van der Waals surface area (Å²) >= 11 is 5.99. The smallest absolute Gasteiger partial charge is 0.356 e. The summed E-state index contributed by atoms with van der Waals surface area (Å²) in [7, 11) is 0. The van der Waals surface area contributed by atoms with Gasteiger partial charge in [-0.1, -0.05) is 17.7 Å². The minimum Gasteiger partial charge on any atom is -0.476 e. The minimum atomic E-state index is -1.16. The van der Waals surface area contributed by atoms with Gasteiger partial charge in [-0.05, 0) is 24.6 Å². The molecule has 0 radical (unpaired) electrons. The van der Waals surface area contributed by atoms with Crippen LogP contribution in [0.4, 0.5) is 0 Å². The van der Waals surface area contributed by atoms with E-state index in [9.17, 15) is 4.79 Å². The fraction of sp³-hybridized carbons (Fsp3) is 0.0833. The van der Waals surface area contributed by atoms with Crippen LogP contribution in [-0.4, -0.2) is 21.0 Å². The third kappa shape index (κ3) is 2.75. The van der Waals surface area contributed by atoms with Crippen molar-refractivity contribution < 1.29 is 14.6 Å². The van der Waals surface area contributed by atoms with Crippen LogP contribution in [0.15, 0.2) is 30.6 Å². The molecule has 92 valence electrons. The summed E-state index contributed by atoms with van der Waals surface area (Å²) in [6.45, 7) is 1.90. The fourth-order valence-electron chi connectivity index (χ4n) is 1.30. The van der Waals surface area contributed by atoms with Gasteiger partial charge >= 0.3 is 5.97 Å². The SMILES string of the molecule is Cc1ccc(Oc2cncc(C(=O)O)n2)c(Cl)c1. The average Bonchev–Trinajstić information content (AvgIpc) is 2.33. The number of benzene rings is 1. The standard InChI is InChI=1S/C12H9ClN2O3/c1-7-2-3-10(8(13)4-7)18-11-6-14-5-9(15-11)12(16)17/h2-6H,1H3,(H,16,17). The number of hydrogen-bond donors (Lipinski definition) is 1. The molecule has 1 aromatic carbocycles. The van der Waals surface area contributed by atoms with Gasteiger partial charge in [-0.25, -0.2) is 9.78 Å². The number of rotatable bonds is 3. The van der Waals surface area contributed by atoms with Crippen molar-refractivity contribution in [3.63, 3.8) is 0 Å². The summed E-state index contributed by atoms with van der Waals surface area (Å²) in [5.41, 5.74) is 0.813. The van der Waals surface area contributed by atoms with Crippen LogP contribution in [0, 0.1) is 6.92 Å². The monoisotopic (exact) mass is 264 g/mol. The highest BCUT2D eigenvalue weighted by Crippen LogP contribution is 2.28. The molecular formula is C12H9ClN2O3. The van der Waals surface area contributed by atoms with Gasteiger partial charge in [0.25, 0.3) is 0 Å². The van der Waals surface area contributed by atoms with E-state index in [0.29, 0.717) is 10.8 Å². The Balaban J connectivity index is 2.28. The maximum Gasteiger partial charge on any atom is 0.356 e. The van der Waals surface area contributed by atoms with E-state index in [1.54, 1.807) is 12.1 Å². The topological polar surface area (TPSA) is 72.3 Å². The van der Waals surface area contributed by atoms with E-state index in [4.69, 9.17) is 21.4 Å². The summed E-state index contributed by atoms with van der Waals surface area (Å²) in [4.78, 5) is 18.3. The van der Waals surface area contributed by atoms with Crippen molar-refractivity contribution in [2.45, 2.75) is 6.92 Å². The Hall–Kier alpha value is -2.14. The van der Waals surface area contributed by atoms with Crippen molar-refractivity contribution in [1.82, 2.24) is 9.97 Å². The van der Waals surface area contributed by atoms with Crippen LogP contribution in [0.25, 0.3) is 0 Å². The molecule has 1 N–H and O–H groups in total. The Bertz CT molecular complexity index is 602. The third-order valence-electron chi connectivity index (χ3n) is 2.13. The zero-order chi connectivity index (χ0) is 13.1. The second kappa shape index (κ2) is 5.01. The van der Waals surface area contributed by atoms with Gasteiger partial charge in [0, 0.05) is 0 Å². The lowest BCUT2D eigenvalue weighted by Gasteiger charge is -2.07. The van der Waals surface area contributed by atoms with Crippen LogP contribution in [0.2, 0.25) is 5.02 Å². The maximum atomic E-state index is 10.7. The van der Waals surface area contributed by atoms with Gasteiger partial charge in [-0.15, -0.1) is 0 Å². The Morgan fingerprint density at radius 3 is 2.83 bits per heavy atom. The number of nitrogens with zero attached hydrogens (tertiary/aromatic N) is 2. The van der Waals surface area contributed by atoms with E-state index >= 15 is 0 Å². The molecule has 2 aromatic rings. The van der Waals surface area contributed by atoms with Crippen LogP contribution in [-0.2, 0) is 0 Å². The summed E-state index contributed by atoms with van der Waals surface area (Å²) < 4.78 is 5.39. The zero-order valence-corrected chi connectivity index (χ0v) is 10.2. The first-order valence-corrected chi connectivity index (χ1v) is 5.43. The van der Waals surface area contributed by atoms with Gasteiger partial charge in [0.15, 0.2) is 5.69 Å². The number of carbonyl (C=O) groups is 1. The quantitative estimate of drug-likeness (QED) is 0.923. The van der Waals surface area contributed by atoms with Gasteiger partial charge in [0.2, 0.25) is 5.88 Å². The molecule has 0 fully saturated rings. The molecule has 2 rings (SSSR count). The first kappa shape index (κ1) is 12.3. The molecule has 0 aliphatic carbocycles. The van der Waals surface area contributed by atoms with E-state index in [-0.39, 0.29) is 11.6 Å². The number of aromatic carboxylic acids is 1. The number of halogens is 1. The van der Waals surface area contributed by atoms with Gasteiger partial charge in [-0.3, -0.25) is 4.98 Å². The lowest BCUT2D eigenvalue weighted by atomic mass is 10.2. The van der Waals surface area contributed by atoms with E-state index in [2.05, 4.69) is 9.97 Å². The van der Waals surface area contributed by atoms with Crippen molar-refractivity contribution in [1.29, 1.82) is 0 Å². The highest BCUT2D eigenvalue weighted by molar-refractivity contribution is 6.32. The molecular weight excluding hydrogens is 256 g/mol. The Labute approximate surface area is 108 Å². The second-order valence-electron chi connectivity index (χ2n) is 3.58. The molecule has 1 aromatic heterocycles. The van der Waals surface area contributed by atoms with E-state index in [0.717, 1.165) is 11.8 Å². The molecule has 0 saturated heterocycles. The van der Waals surface area contributed by atoms with Gasteiger partial charge in [0.05, 0.1) is 17.4 Å². The first-order valence-electron chi connectivity index (χ1n) is 5.05. The molecule has 0 aliphatic rings. The van der Waals surface area contributed by atoms with Crippen LogP contribution >= 0.6 is 11.6 Å². The number of ether oxygens (including phenoxy) is 1. The molecule has 0 aliphatic heterocycles. The number of aryl methyl sites for hydroxylation is 1. The molecule has 18 heavy (non-hydrogen) atoms. The predicted octanol–water partition coefficient (Wildman–Crippen LogP) is 2.93. The van der Waals surface area contributed by atoms with Gasteiger partial charge < -0.3 is 9.84 Å².